The largest absolute Gasteiger partial charge is 0.493 e. The van der Waals surface area contributed by atoms with Gasteiger partial charge >= 0.3 is 0 Å². The highest BCUT2D eigenvalue weighted by Gasteiger charge is 2.16. The van der Waals surface area contributed by atoms with E-state index in [1.54, 1.807) is 13.3 Å². The Morgan fingerprint density at radius 2 is 2.27 bits per heavy atom. The van der Waals surface area contributed by atoms with Crippen LogP contribution in [-0.2, 0) is 9.47 Å². The maximum absolute atomic E-state index is 5.81. The zero-order chi connectivity index (χ0) is 15.8. The number of thiocarbonyl (C=S) groups is 1. The first kappa shape index (κ1) is 16.5. The van der Waals surface area contributed by atoms with Gasteiger partial charge in [0.05, 0.1) is 33.1 Å². The monoisotopic (exact) mass is 325 g/mol. The van der Waals surface area contributed by atoms with Gasteiger partial charge in [-0.25, -0.2) is 0 Å². The van der Waals surface area contributed by atoms with E-state index in [2.05, 4.69) is 10.5 Å². The van der Waals surface area contributed by atoms with Gasteiger partial charge in [-0.3, -0.25) is 5.43 Å². The van der Waals surface area contributed by atoms with Gasteiger partial charge in [0.1, 0.15) is 0 Å². The van der Waals surface area contributed by atoms with Crippen LogP contribution in [0.2, 0.25) is 0 Å². The molecule has 7 nitrogen and oxygen atoms in total. The molecule has 8 heteroatoms. The maximum atomic E-state index is 5.81. The summed E-state index contributed by atoms with van der Waals surface area (Å²) in [4.78, 5) is 0. The van der Waals surface area contributed by atoms with Crippen LogP contribution in [0.5, 0.6) is 11.5 Å². The first-order valence-electron chi connectivity index (χ1n) is 6.82. The molecule has 0 aromatic heterocycles. The molecule has 1 aliphatic heterocycles. The molecule has 1 fully saturated rings. The third-order valence-corrected chi connectivity index (χ3v) is 2.99. The van der Waals surface area contributed by atoms with Crippen LogP contribution in [0.25, 0.3) is 0 Å². The Kier molecular flexibility index (Phi) is 6.38. The lowest BCUT2D eigenvalue weighted by atomic mass is 10.2. The molecule has 1 aliphatic rings. The lowest BCUT2D eigenvalue weighted by molar-refractivity contribution is -0.0532. The number of hydrogen-bond donors (Lipinski definition) is 2. The van der Waals surface area contributed by atoms with E-state index in [4.69, 9.17) is 36.9 Å². The molecule has 0 amide bonds. The summed E-state index contributed by atoms with van der Waals surface area (Å²) in [6, 6.07) is 5.51. The van der Waals surface area contributed by atoms with Crippen molar-refractivity contribution in [3.8, 4) is 11.5 Å². The SMILES string of the molecule is COc1cccc(C=NNC(N)=S)c1OCCC1OCCO1. The van der Waals surface area contributed by atoms with Gasteiger partial charge in [0.25, 0.3) is 0 Å². The van der Waals surface area contributed by atoms with Gasteiger partial charge in [-0.2, -0.15) is 5.10 Å². The average molecular weight is 325 g/mol. The molecular formula is C14H19N3O4S. The predicted octanol–water partition coefficient (Wildman–Crippen LogP) is 1.00. The highest BCUT2D eigenvalue weighted by atomic mass is 32.1. The summed E-state index contributed by atoms with van der Waals surface area (Å²) in [5, 5.41) is 4.03. The van der Waals surface area contributed by atoms with Gasteiger partial charge in [0.2, 0.25) is 0 Å². The summed E-state index contributed by atoms with van der Waals surface area (Å²) in [5.74, 6) is 1.21. The maximum Gasteiger partial charge on any atom is 0.184 e. The Morgan fingerprint density at radius 1 is 1.50 bits per heavy atom. The molecule has 3 N–H and O–H groups in total. The number of nitrogens with one attached hydrogen (secondary N) is 1. The number of nitrogens with two attached hydrogens (primary N) is 1. The molecule has 1 saturated heterocycles. The Labute approximate surface area is 134 Å². The van der Waals surface area contributed by atoms with Crippen molar-refractivity contribution in [1.29, 1.82) is 0 Å². The summed E-state index contributed by atoms with van der Waals surface area (Å²) in [7, 11) is 1.58. The number of nitrogens with zero attached hydrogens (tertiary/aromatic N) is 1. The Hall–Kier alpha value is -1.90. The van der Waals surface area contributed by atoms with E-state index in [0.717, 1.165) is 5.56 Å². The van der Waals surface area contributed by atoms with E-state index in [1.165, 1.54) is 0 Å². The lowest BCUT2D eigenvalue weighted by Crippen LogP contribution is -2.24. The summed E-state index contributed by atoms with van der Waals surface area (Å²) in [6.45, 7) is 1.69. The quantitative estimate of drug-likeness (QED) is 0.439. The second-order valence-corrected chi connectivity index (χ2v) is 4.86. The minimum absolute atomic E-state index is 0.0946. The Morgan fingerprint density at radius 3 is 2.95 bits per heavy atom. The zero-order valence-corrected chi connectivity index (χ0v) is 13.1. The number of methoxy groups -OCH3 is 1. The molecule has 0 radical (unpaired) electrons. The molecule has 0 saturated carbocycles. The van der Waals surface area contributed by atoms with E-state index < -0.39 is 0 Å². The topological polar surface area (TPSA) is 87.3 Å². The standard InChI is InChI=1S/C14H19N3O4S/c1-18-11-4-2-3-10(9-16-17-14(15)22)13(11)21-6-5-12-19-7-8-20-12/h2-4,9,12H,5-8H2,1H3,(H3,15,17,22). The fraction of sp³-hybridized carbons (Fsp3) is 0.429. The van der Waals surface area contributed by atoms with Crippen LogP contribution in [0.4, 0.5) is 0 Å². The van der Waals surface area contributed by atoms with Crippen LogP contribution in [0.15, 0.2) is 23.3 Å². The smallest absolute Gasteiger partial charge is 0.184 e. The second kappa shape index (κ2) is 8.52. The van der Waals surface area contributed by atoms with Crippen LogP contribution >= 0.6 is 12.2 Å². The van der Waals surface area contributed by atoms with E-state index in [1.807, 2.05) is 18.2 Å². The van der Waals surface area contributed by atoms with Gasteiger partial charge < -0.3 is 24.7 Å². The first-order chi connectivity index (χ1) is 10.7. The van der Waals surface area contributed by atoms with Gasteiger partial charge in [-0.05, 0) is 24.4 Å². The number of hydrogen-bond acceptors (Lipinski definition) is 6. The van der Waals surface area contributed by atoms with E-state index in [9.17, 15) is 0 Å². The first-order valence-corrected chi connectivity index (χ1v) is 7.23. The molecule has 120 valence electrons. The van der Waals surface area contributed by atoms with Gasteiger partial charge in [0.15, 0.2) is 22.9 Å². The molecule has 1 aromatic carbocycles. The van der Waals surface area contributed by atoms with Crippen molar-refractivity contribution in [2.45, 2.75) is 12.7 Å². The highest BCUT2D eigenvalue weighted by Crippen LogP contribution is 2.30. The predicted molar refractivity (Wildman–Crippen MR) is 86.3 cm³/mol. The number of rotatable bonds is 7. The summed E-state index contributed by atoms with van der Waals surface area (Å²) >= 11 is 4.69. The molecule has 0 bridgehead atoms. The van der Waals surface area contributed by atoms with Gasteiger partial charge in [0, 0.05) is 12.0 Å². The van der Waals surface area contributed by atoms with Crippen molar-refractivity contribution in [1.82, 2.24) is 5.43 Å². The summed E-state index contributed by atoms with van der Waals surface area (Å²) in [6.07, 6.45) is 2.00. The third-order valence-electron chi connectivity index (χ3n) is 2.90. The third kappa shape index (κ3) is 4.83. The number of ether oxygens (including phenoxy) is 4. The summed E-state index contributed by atoms with van der Waals surface area (Å²) in [5.41, 5.74) is 8.57. The van der Waals surface area contributed by atoms with Crippen LogP contribution < -0.4 is 20.6 Å². The van der Waals surface area contributed by atoms with Crippen molar-refractivity contribution in [2.24, 2.45) is 10.8 Å². The number of para-hydroxylation sites is 1. The van der Waals surface area contributed by atoms with E-state index >= 15 is 0 Å². The molecule has 2 rings (SSSR count). The van der Waals surface area contributed by atoms with Crippen molar-refractivity contribution in [3.63, 3.8) is 0 Å². The van der Waals surface area contributed by atoms with Crippen LogP contribution in [0, 0.1) is 0 Å². The minimum Gasteiger partial charge on any atom is -0.493 e. The fourth-order valence-electron chi connectivity index (χ4n) is 1.95. The molecule has 0 aliphatic carbocycles. The van der Waals surface area contributed by atoms with Crippen LogP contribution in [0.3, 0.4) is 0 Å². The molecule has 1 aromatic rings. The van der Waals surface area contributed by atoms with Gasteiger partial charge in [-0.15, -0.1) is 0 Å². The summed E-state index contributed by atoms with van der Waals surface area (Å²) < 4.78 is 21.9. The Bertz CT molecular complexity index is 533. The lowest BCUT2D eigenvalue weighted by Gasteiger charge is -2.14. The van der Waals surface area contributed by atoms with Crippen molar-refractivity contribution in [3.05, 3.63) is 23.8 Å². The molecule has 0 spiro atoms. The minimum atomic E-state index is -0.205. The molecule has 22 heavy (non-hydrogen) atoms. The molecule has 0 unspecified atom stereocenters. The average Bonchev–Trinajstić information content (AvgIpc) is 3.01. The number of benzene rings is 1. The Balaban J connectivity index is 2.02. The number of hydrazone groups is 1. The highest BCUT2D eigenvalue weighted by molar-refractivity contribution is 7.80. The fourth-order valence-corrected chi connectivity index (χ4v) is 2.00. The van der Waals surface area contributed by atoms with Crippen molar-refractivity contribution in [2.75, 3.05) is 26.9 Å². The van der Waals surface area contributed by atoms with Crippen molar-refractivity contribution >= 4 is 23.5 Å². The van der Waals surface area contributed by atoms with Crippen molar-refractivity contribution < 1.29 is 18.9 Å². The van der Waals surface area contributed by atoms with E-state index in [0.29, 0.717) is 37.7 Å². The molecule has 1 heterocycles. The molecular weight excluding hydrogens is 306 g/mol. The normalized spacial score (nSPS) is 15.1. The van der Waals surface area contributed by atoms with Crippen LogP contribution in [-0.4, -0.2) is 44.5 Å². The van der Waals surface area contributed by atoms with Crippen LogP contribution in [0.1, 0.15) is 12.0 Å². The van der Waals surface area contributed by atoms with Gasteiger partial charge in [-0.1, -0.05) is 6.07 Å². The second-order valence-electron chi connectivity index (χ2n) is 4.42. The zero-order valence-electron chi connectivity index (χ0n) is 12.3. The molecule has 0 atom stereocenters. The van der Waals surface area contributed by atoms with E-state index in [-0.39, 0.29) is 11.4 Å².